The SMILES string of the molecule is Cc1ccc(N2CC(C(=O)N3CCCC3)S(=O)(=O)c3ccccc32)cc1. The van der Waals surface area contributed by atoms with Crippen molar-refractivity contribution in [1.29, 1.82) is 0 Å². The fourth-order valence-electron chi connectivity index (χ4n) is 3.76. The maximum Gasteiger partial charge on any atom is 0.243 e. The summed E-state index contributed by atoms with van der Waals surface area (Å²) < 4.78 is 26.3. The Morgan fingerprint density at radius 3 is 2.35 bits per heavy atom. The number of anilines is 2. The van der Waals surface area contributed by atoms with Crippen molar-refractivity contribution in [1.82, 2.24) is 4.90 Å². The zero-order valence-electron chi connectivity index (χ0n) is 14.8. The number of fused-ring (bicyclic) bond motifs is 1. The van der Waals surface area contributed by atoms with Crippen molar-refractivity contribution in [2.75, 3.05) is 24.5 Å². The first-order chi connectivity index (χ1) is 12.5. The van der Waals surface area contributed by atoms with Crippen LogP contribution in [-0.2, 0) is 14.6 Å². The molecule has 5 nitrogen and oxygen atoms in total. The maximum absolute atomic E-state index is 13.2. The molecule has 0 N–H and O–H groups in total. The topological polar surface area (TPSA) is 57.7 Å². The number of nitrogens with zero attached hydrogens (tertiary/aromatic N) is 2. The Balaban J connectivity index is 1.80. The van der Waals surface area contributed by atoms with Crippen LogP contribution in [0.1, 0.15) is 18.4 Å². The summed E-state index contributed by atoms with van der Waals surface area (Å²) in [6.07, 6.45) is 1.88. The van der Waals surface area contributed by atoms with Crippen molar-refractivity contribution in [3.63, 3.8) is 0 Å². The Morgan fingerprint density at radius 1 is 1.00 bits per heavy atom. The quantitative estimate of drug-likeness (QED) is 0.816. The molecule has 2 heterocycles. The molecule has 1 unspecified atom stereocenters. The summed E-state index contributed by atoms with van der Waals surface area (Å²) in [5.41, 5.74) is 2.68. The second-order valence-electron chi connectivity index (χ2n) is 6.98. The first kappa shape index (κ1) is 17.1. The van der Waals surface area contributed by atoms with Gasteiger partial charge in [0.15, 0.2) is 15.1 Å². The molecule has 0 aliphatic carbocycles. The molecule has 1 saturated heterocycles. The van der Waals surface area contributed by atoms with Gasteiger partial charge in [-0.2, -0.15) is 0 Å². The monoisotopic (exact) mass is 370 g/mol. The minimum absolute atomic E-state index is 0.151. The molecule has 0 radical (unpaired) electrons. The normalized spacial score (nSPS) is 21.5. The van der Waals surface area contributed by atoms with Gasteiger partial charge in [0.2, 0.25) is 5.91 Å². The lowest BCUT2D eigenvalue weighted by molar-refractivity contribution is -0.129. The molecule has 0 aromatic heterocycles. The molecule has 2 aliphatic rings. The van der Waals surface area contributed by atoms with Crippen molar-refractivity contribution in [2.24, 2.45) is 0 Å². The zero-order valence-corrected chi connectivity index (χ0v) is 15.6. The van der Waals surface area contributed by atoms with Crippen LogP contribution in [-0.4, -0.2) is 44.1 Å². The summed E-state index contributed by atoms with van der Waals surface area (Å²) in [4.78, 5) is 16.9. The number of hydrogen-bond acceptors (Lipinski definition) is 4. The number of aryl methyl sites for hydroxylation is 1. The predicted octanol–water partition coefficient (Wildman–Crippen LogP) is 2.91. The zero-order chi connectivity index (χ0) is 18.3. The van der Waals surface area contributed by atoms with Gasteiger partial charge in [-0.15, -0.1) is 0 Å². The molecule has 136 valence electrons. The average Bonchev–Trinajstić information content (AvgIpc) is 3.17. The van der Waals surface area contributed by atoms with E-state index in [-0.39, 0.29) is 17.3 Å². The van der Waals surface area contributed by atoms with Gasteiger partial charge in [-0.25, -0.2) is 8.42 Å². The van der Waals surface area contributed by atoms with Crippen LogP contribution in [0.4, 0.5) is 11.4 Å². The van der Waals surface area contributed by atoms with Crippen LogP contribution in [0.15, 0.2) is 53.4 Å². The molecule has 0 saturated carbocycles. The third-order valence-electron chi connectivity index (χ3n) is 5.22. The summed E-state index contributed by atoms with van der Waals surface area (Å²) >= 11 is 0. The summed E-state index contributed by atoms with van der Waals surface area (Å²) in [5, 5.41) is -1.06. The lowest BCUT2D eigenvalue weighted by Gasteiger charge is -2.36. The summed E-state index contributed by atoms with van der Waals surface area (Å²) in [7, 11) is -3.70. The van der Waals surface area contributed by atoms with E-state index in [1.54, 1.807) is 17.0 Å². The Morgan fingerprint density at radius 2 is 1.65 bits per heavy atom. The maximum atomic E-state index is 13.2. The first-order valence-corrected chi connectivity index (χ1v) is 10.5. The van der Waals surface area contributed by atoms with Crippen molar-refractivity contribution >= 4 is 27.1 Å². The van der Waals surface area contributed by atoms with E-state index in [1.807, 2.05) is 48.2 Å². The van der Waals surface area contributed by atoms with Gasteiger partial charge >= 0.3 is 0 Å². The van der Waals surface area contributed by atoms with E-state index in [0.29, 0.717) is 18.8 Å². The molecule has 26 heavy (non-hydrogen) atoms. The molecule has 1 amide bonds. The number of amides is 1. The number of carbonyl (C=O) groups is 1. The molecule has 2 aliphatic heterocycles. The average molecular weight is 370 g/mol. The lowest BCUT2D eigenvalue weighted by atomic mass is 10.1. The number of benzene rings is 2. The third kappa shape index (κ3) is 2.78. The largest absolute Gasteiger partial charge is 0.342 e. The number of carbonyl (C=O) groups excluding carboxylic acids is 1. The molecular formula is C20H22N2O3S. The number of para-hydroxylation sites is 1. The number of rotatable bonds is 2. The molecule has 2 aromatic carbocycles. The minimum Gasteiger partial charge on any atom is -0.342 e. The van der Waals surface area contributed by atoms with E-state index in [1.165, 1.54) is 0 Å². The predicted molar refractivity (Wildman–Crippen MR) is 101 cm³/mol. The van der Waals surface area contributed by atoms with Gasteiger partial charge in [-0.05, 0) is 44.0 Å². The molecule has 2 aromatic rings. The summed E-state index contributed by atoms with van der Waals surface area (Å²) in [6.45, 7) is 3.46. The van der Waals surface area contributed by atoms with Crippen LogP contribution in [0.2, 0.25) is 0 Å². The van der Waals surface area contributed by atoms with Gasteiger partial charge in [-0.3, -0.25) is 4.79 Å². The van der Waals surface area contributed by atoms with Gasteiger partial charge < -0.3 is 9.80 Å². The van der Waals surface area contributed by atoms with Gasteiger partial charge in [0.25, 0.3) is 0 Å². The highest BCUT2D eigenvalue weighted by atomic mass is 32.2. The Bertz CT molecular complexity index is 932. The van der Waals surface area contributed by atoms with Crippen molar-refractivity contribution in [3.05, 3.63) is 54.1 Å². The van der Waals surface area contributed by atoms with E-state index in [0.717, 1.165) is 24.1 Å². The van der Waals surface area contributed by atoms with Crippen LogP contribution in [0.3, 0.4) is 0 Å². The van der Waals surface area contributed by atoms with E-state index in [4.69, 9.17) is 0 Å². The Kier molecular flexibility index (Phi) is 4.23. The van der Waals surface area contributed by atoms with Gasteiger partial charge in [0.05, 0.1) is 10.6 Å². The summed E-state index contributed by atoms with van der Waals surface area (Å²) in [6, 6.07) is 14.9. The fourth-order valence-corrected chi connectivity index (χ4v) is 5.56. The van der Waals surface area contributed by atoms with Crippen LogP contribution in [0.5, 0.6) is 0 Å². The smallest absolute Gasteiger partial charge is 0.243 e. The first-order valence-electron chi connectivity index (χ1n) is 8.94. The van der Waals surface area contributed by atoms with E-state index in [2.05, 4.69) is 0 Å². The lowest BCUT2D eigenvalue weighted by Crippen LogP contribution is -2.50. The molecule has 0 spiro atoms. The van der Waals surface area contributed by atoms with Gasteiger partial charge in [-0.1, -0.05) is 29.8 Å². The highest BCUT2D eigenvalue weighted by Gasteiger charge is 2.44. The number of sulfone groups is 1. The molecule has 1 atom stereocenters. The van der Waals surface area contributed by atoms with E-state index in [9.17, 15) is 13.2 Å². The summed E-state index contributed by atoms with van der Waals surface area (Å²) in [5.74, 6) is -0.269. The Hall–Kier alpha value is -2.34. The fraction of sp³-hybridized carbons (Fsp3) is 0.350. The molecule has 4 rings (SSSR count). The Labute approximate surface area is 154 Å². The second-order valence-corrected chi connectivity index (χ2v) is 9.08. The van der Waals surface area contributed by atoms with E-state index < -0.39 is 15.1 Å². The highest BCUT2D eigenvalue weighted by molar-refractivity contribution is 7.93. The van der Waals surface area contributed by atoms with Gasteiger partial charge in [0, 0.05) is 25.3 Å². The minimum atomic E-state index is -3.70. The molecular weight excluding hydrogens is 348 g/mol. The van der Waals surface area contributed by atoms with Crippen LogP contribution in [0, 0.1) is 6.92 Å². The number of hydrogen-bond donors (Lipinski definition) is 0. The molecule has 6 heteroatoms. The highest BCUT2D eigenvalue weighted by Crippen LogP contribution is 2.39. The van der Waals surface area contributed by atoms with Gasteiger partial charge in [0.1, 0.15) is 0 Å². The molecule has 0 bridgehead atoms. The van der Waals surface area contributed by atoms with Crippen molar-refractivity contribution in [2.45, 2.75) is 29.9 Å². The standard InChI is InChI=1S/C20H22N2O3S/c1-15-8-10-16(11-9-15)22-14-19(20(23)21-12-4-5-13-21)26(24,25)18-7-3-2-6-17(18)22/h2-3,6-11,19H,4-5,12-14H2,1H3. The second kappa shape index (κ2) is 6.43. The van der Waals surface area contributed by atoms with E-state index >= 15 is 0 Å². The number of likely N-dealkylation sites (tertiary alicyclic amines) is 1. The van der Waals surface area contributed by atoms with Crippen LogP contribution >= 0.6 is 0 Å². The van der Waals surface area contributed by atoms with Crippen molar-refractivity contribution < 1.29 is 13.2 Å². The third-order valence-corrected chi connectivity index (χ3v) is 7.28. The van der Waals surface area contributed by atoms with Crippen molar-refractivity contribution in [3.8, 4) is 0 Å². The van der Waals surface area contributed by atoms with Crippen LogP contribution < -0.4 is 4.90 Å². The molecule has 1 fully saturated rings. The van der Waals surface area contributed by atoms with Crippen LogP contribution in [0.25, 0.3) is 0 Å².